The molecule has 0 bridgehead atoms. The Morgan fingerprint density at radius 3 is 2.40 bits per heavy atom. The molecule has 0 aromatic carbocycles. The number of rotatable bonds is 5. The maximum Gasteiger partial charge on any atom is 0.227 e. The molecule has 0 saturated carbocycles. The molecule has 0 spiro atoms. The van der Waals surface area contributed by atoms with Crippen molar-refractivity contribution in [3.63, 3.8) is 0 Å². The summed E-state index contributed by atoms with van der Waals surface area (Å²) in [4.78, 5) is 14.1. The number of hydrogen-bond acceptors (Lipinski definition) is 5. The van der Waals surface area contributed by atoms with Crippen LogP contribution in [-0.4, -0.2) is 54.7 Å². The lowest BCUT2D eigenvalue weighted by Gasteiger charge is -2.29. The van der Waals surface area contributed by atoms with E-state index in [0.29, 0.717) is 6.54 Å². The van der Waals surface area contributed by atoms with Crippen molar-refractivity contribution in [1.29, 1.82) is 0 Å². The molecule has 1 aromatic heterocycles. The van der Waals surface area contributed by atoms with Gasteiger partial charge < -0.3 is 29.5 Å². The van der Waals surface area contributed by atoms with Crippen LogP contribution in [0.4, 0.5) is 0 Å². The van der Waals surface area contributed by atoms with E-state index in [4.69, 9.17) is 14.6 Å². The molecule has 0 atom stereocenters. The Morgan fingerprint density at radius 1 is 1.15 bits per heavy atom. The lowest BCUT2D eigenvalue weighted by atomic mass is 10.2. The van der Waals surface area contributed by atoms with Gasteiger partial charge in [0.15, 0.2) is 0 Å². The number of quaternary nitrogens is 2. The second-order valence-corrected chi connectivity index (χ2v) is 5.16. The molecule has 7 nitrogen and oxygen atoms in total. The first-order chi connectivity index (χ1) is 9.63. The maximum absolute atomic E-state index is 11.5. The van der Waals surface area contributed by atoms with Crippen molar-refractivity contribution in [3.05, 3.63) is 27.8 Å². The first-order valence-corrected chi connectivity index (χ1v) is 6.87. The number of aliphatic hydroxyl groups excluding tert-OH is 2. The first kappa shape index (κ1) is 15.0. The number of aliphatic hydroxyl groups is 2. The second kappa shape index (κ2) is 6.85. The fraction of sp³-hybridized carbons (Fsp3) is 0.615. The summed E-state index contributed by atoms with van der Waals surface area (Å²) in [6, 6.07) is 1.11. The second-order valence-electron chi connectivity index (χ2n) is 5.16. The van der Waals surface area contributed by atoms with E-state index in [1.165, 1.54) is 9.80 Å². The number of aromatic hydroxyl groups is 1. The summed E-state index contributed by atoms with van der Waals surface area (Å²) in [7, 11) is 0. The minimum atomic E-state index is -0.515. The molecule has 1 saturated heterocycles. The number of hydrogen-bond donors (Lipinski definition) is 5. The topological polar surface area (TPSA) is 99.8 Å². The van der Waals surface area contributed by atoms with Crippen molar-refractivity contribution in [2.75, 3.05) is 39.3 Å². The largest absolute Gasteiger partial charge is 0.502 e. The lowest BCUT2D eigenvalue weighted by Crippen LogP contribution is -3.27. The third kappa shape index (κ3) is 3.57. The number of nitrogens with one attached hydrogen (secondary N) is 2. The van der Waals surface area contributed by atoms with E-state index in [2.05, 4.69) is 0 Å². The predicted molar refractivity (Wildman–Crippen MR) is 69.6 cm³/mol. The van der Waals surface area contributed by atoms with Crippen LogP contribution in [0.5, 0.6) is 5.75 Å². The van der Waals surface area contributed by atoms with E-state index in [1.807, 2.05) is 0 Å². The highest BCUT2D eigenvalue weighted by Gasteiger charge is 2.25. The molecule has 0 unspecified atom stereocenters. The van der Waals surface area contributed by atoms with Crippen LogP contribution in [-0.2, 0) is 13.2 Å². The molecule has 112 valence electrons. The molecule has 2 rings (SSSR count). The zero-order valence-corrected chi connectivity index (χ0v) is 11.4. The molecular formula is C13H22N2O5+2. The van der Waals surface area contributed by atoms with Gasteiger partial charge in [-0.15, -0.1) is 0 Å². The highest BCUT2D eigenvalue weighted by Crippen LogP contribution is 2.12. The summed E-state index contributed by atoms with van der Waals surface area (Å²) in [6.45, 7) is 4.70. The van der Waals surface area contributed by atoms with Gasteiger partial charge in [0, 0.05) is 6.07 Å². The fourth-order valence-corrected chi connectivity index (χ4v) is 2.55. The normalized spacial score (nSPS) is 22.9. The van der Waals surface area contributed by atoms with Gasteiger partial charge in [-0.25, -0.2) is 0 Å². The van der Waals surface area contributed by atoms with Crippen molar-refractivity contribution in [2.24, 2.45) is 0 Å². The van der Waals surface area contributed by atoms with E-state index in [-0.39, 0.29) is 30.5 Å². The summed E-state index contributed by atoms with van der Waals surface area (Å²) in [5.74, 6) is 0.0498. The van der Waals surface area contributed by atoms with Crippen LogP contribution in [0.3, 0.4) is 0 Å². The minimum Gasteiger partial charge on any atom is -0.502 e. The van der Waals surface area contributed by atoms with Crippen molar-refractivity contribution >= 4 is 0 Å². The van der Waals surface area contributed by atoms with Crippen LogP contribution < -0.4 is 15.2 Å². The van der Waals surface area contributed by atoms with E-state index in [0.717, 1.165) is 38.8 Å². The van der Waals surface area contributed by atoms with Gasteiger partial charge in [-0.2, -0.15) is 0 Å². The highest BCUT2D eigenvalue weighted by molar-refractivity contribution is 5.24. The van der Waals surface area contributed by atoms with Gasteiger partial charge in [-0.3, -0.25) is 4.79 Å². The Kier molecular flexibility index (Phi) is 5.13. The van der Waals surface area contributed by atoms with Crippen LogP contribution in [0.1, 0.15) is 11.5 Å². The van der Waals surface area contributed by atoms with Gasteiger partial charge in [0.2, 0.25) is 16.9 Å². The summed E-state index contributed by atoms with van der Waals surface area (Å²) >= 11 is 0. The maximum atomic E-state index is 11.5. The molecule has 1 aliphatic rings. The van der Waals surface area contributed by atoms with Gasteiger partial charge in [0.05, 0.1) is 6.61 Å². The Bertz CT molecular complexity index is 494. The Labute approximate surface area is 116 Å². The molecule has 20 heavy (non-hydrogen) atoms. The summed E-state index contributed by atoms with van der Waals surface area (Å²) < 4.78 is 5.35. The molecule has 7 heteroatoms. The first-order valence-electron chi connectivity index (χ1n) is 6.87. The minimum absolute atomic E-state index is 0.173. The smallest absolute Gasteiger partial charge is 0.227 e. The Morgan fingerprint density at radius 2 is 1.80 bits per heavy atom. The number of piperazine rings is 1. The highest BCUT2D eigenvalue weighted by atomic mass is 16.4. The Balaban J connectivity index is 2.01. The monoisotopic (exact) mass is 286 g/mol. The van der Waals surface area contributed by atoms with E-state index >= 15 is 0 Å². The van der Waals surface area contributed by atoms with E-state index < -0.39 is 5.43 Å². The summed E-state index contributed by atoms with van der Waals surface area (Å²) in [5, 5.41) is 27.7. The summed E-state index contributed by atoms with van der Waals surface area (Å²) in [6.07, 6.45) is 0. The van der Waals surface area contributed by atoms with Gasteiger partial charge in [0.25, 0.3) is 0 Å². The average Bonchev–Trinajstić information content (AvgIpc) is 2.46. The molecule has 1 aromatic rings. The van der Waals surface area contributed by atoms with Gasteiger partial charge in [-0.05, 0) is 0 Å². The van der Waals surface area contributed by atoms with Crippen molar-refractivity contribution < 1.29 is 29.5 Å². The molecule has 2 heterocycles. The van der Waals surface area contributed by atoms with Crippen molar-refractivity contribution in [1.82, 2.24) is 0 Å². The predicted octanol–water partition coefficient (Wildman–Crippen LogP) is -3.89. The third-order valence-electron chi connectivity index (χ3n) is 3.74. The molecular weight excluding hydrogens is 264 g/mol. The standard InChI is InChI=1S/C13H20N2O5/c16-6-5-14-1-3-15(4-2-14)8-12-13(19)11(18)7-10(9-17)20-12/h7,16-17,19H,1-6,8-9H2/p+2. The van der Waals surface area contributed by atoms with Crippen molar-refractivity contribution in [2.45, 2.75) is 13.2 Å². The molecule has 0 amide bonds. The molecule has 5 N–H and O–H groups in total. The molecule has 0 radical (unpaired) electrons. The lowest BCUT2D eigenvalue weighted by molar-refractivity contribution is -1.02. The SMILES string of the molecule is O=c1cc(CO)oc(C[NH+]2CC[NH+](CCO)CC2)c1O. The van der Waals surface area contributed by atoms with E-state index in [1.54, 1.807) is 0 Å². The van der Waals surface area contributed by atoms with Gasteiger partial charge in [0.1, 0.15) is 51.6 Å². The Hall–Kier alpha value is -1.41. The van der Waals surface area contributed by atoms with Crippen LogP contribution in [0.15, 0.2) is 15.3 Å². The van der Waals surface area contributed by atoms with Crippen LogP contribution in [0.25, 0.3) is 0 Å². The molecule has 1 fully saturated rings. The van der Waals surface area contributed by atoms with Crippen LogP contribution in [0, 0.1) is 0 Å². The fourth-order valence-electron chi connectivity index (χ4n) is 2.55. The van der Waals surface area contributed by atoms with Crippen LogP contribution in [0.2, 0.25) is 0 Å². The van der Waals surface area contributed by atoms with Gasteiger partial charge in [-0.1, -0.05) is 0 Å². The zero-order valence-electron chi connectivity index (χ0n) is 11.4. The van der Waals surface area contributed by atoms with Gasteiger partial charge >= 0.3 is 0 Å². The van der Waals surface area contributed by atoms with Crippen LogP contribution >= 0.6 is 0 Å². The zero-order chi connectivity index (χ0) is 14.5. The van der Waals surface area contributed by atoms with Crippen molar-refractivity contribution in [3.8, 4) is 5.75 Å². The summed E-state index contributed by atoms with van der Waals surface area (Å²) in [5.41, 5.74) is -0.515. The average molecular weight is 286 g/mol. The van der Waals surface area contributed by atoms with E-state index in [9.17, 15) is 9.90 Å². The molecule has 0 aliphatic carbocycles. The third-order valence-corrected chi connectivity index (χ3v) is 3.74. The molecule has 1 aliphatic heterocycles. The quantitative estimate of drug-likeness (QED) is 0.381.